The summed E-state index contributed by atoms with van der Waals surface area (Å²) in [5.74, 6) is 0.429. The molecule has 1 aromatic heterocycles. The van der Waals surface area contributed by atoms with Crippen molar-refractivity contribution in [3.05, 3.63) is 29.0 Å². The van der Waals surface area contributed by atoms with Crippen molar-refractivity contribution in [1.29, 1.82) is 0 Å². The maximum Gasteiger partial charge on any atom is 0.185 e. The molecule has 0 saturated carbocycles. The van der Waals surface area contributed by atoms with E-state index in [-0.39, 0.29) is 0 Å². The van der Waals surface area contributed by atoms with Crippen LogP contribution in [0, 0.1) is 0 Å². The lowest BCUT2D eigenvalue weighted by molar-refractivity contribution is 0.111. The van der Waals surface area contributed by atoms with E-state index in [9.17, 15) is 4.79 Å². The van der Waals surface area contributed by atoms with Gasteiger partial charge in [-0.2, -0.15) is 0 Å². The summed E-state index contributed by atoms with van der Waals surface area (Å²) in [4.78, 5) is 15.2. The highest BCUT2D eigenvalue weighted by molar-refractivity contribution is 6.31. The molecule has 0 aliphatic heterocycles. The summed E-state index contributed by atoms with van der Waals surface area (Å²) in [7, 11) is 1.66. The Bertz CT molecular complexity index is 537. The summed E-state index contributed by atoms with van der Waals surface area (Å²) in [5, 5.41) is 0.642. The van der Waals surface area contributed by atoms with Gasteiger partial charge in [0.2, 0.25) is 0 Å². The molecule has 0 aliphatic carbocycles. The third-order valence-corrected chi connectivity index (χ3v) is 2.81. The fourth-order valence-corrected chi connectivity index (χ4v) is 1.97. The van der Waals surface area contributed by atoms with Gasteiger partial charge in [0.1, 0.15) is 0 Å². The van der Waals surface area contributed by atoms with Crippen molar-refractivity contribution in [2.45, 2.75) is 13.0 Å². The Labute approximate surface area is 104 Å². The Morgan fingerprint density at radius 3 is 3.06 bits per heavy atom. The lowest BCUT2D eigenvalue weighted by Crippen LogP contribution is -2.05. The maximum absolute atomic E-state index is 11.0. The second kappa shape index (κ2) is 5.29. The fourth-order valence-electron chi connectivity index (χ4n) is 1.81. The van der Waals surface area contributed by atoms with E-state index in [0.717, 1.165) is 23.7 Å². The van der Waals surface area contributed by atoms with Crippen LogP contribution in [-0.2, 0) is 11.3 Å². The predicted molar refractivity (Wildman–Crippen MR) is 66.6 cm³/mol. The van der Waals surface area contributed by atoms with E-state index >= 15 is 0 Å². The van der Waals surface area contributed by atoms with E-state index in [0.29, 0.717) is 24.0 Å². The van der Waals surface area contributed by atoms with Crippen molar-refractivity contribution in [3.8, 4) is 0 Å². The lowest BCUT2D eigenvalue weighted by atomic mass is 10.3. The number of halogens is 1. The number of hydrogen-bond donors (Lipinski definition) is 0. The number of aldehydes is 1. The highest BCUT2D eigenvalue weighted by Gasteiger charge is 2.09. The molecule has 0 atom stereocenters. The number of aromatic nitrogens is 2. The van der Waals surface area contributed by atoms with Crippen molar-refractivity contribution in [2.75, 3.05) is 13.7 Å². The first-order valence-corrected chi connectivity index (χ1v) is 5.74. The number of hydrogen-bond acceptors (Lipinski definition) is 3. The Morgan fingerprint density at radius 2 is 2.35 bits per heavy atom. The van der Waals surface area contributed by atoms with Gasteiger partial charge in [0, 0.05) is 25.3 Å². The molecule has 4 nitrogen and oxygen atoms in total. The first kappa shape index (κ1) is 12.1. The zero-order valence-electron chi connectivity index (χ0n) is 9.52. The van der Waals surface area contributed by atoms with Gasteiger partial charge >= 0.3 is 0 Å². The third kappa shape index (κ3) is 2.48. The van der Waals surface area contributed by atoms with E-state index < -0.39 is 0 Å². The molecule has 0 unspecified atom stereocenters. The average Bonchev–Trinajstić information content (AvgIpc) is 2.67. The molecule has 0 saturated heterocycles. The first-order valence-electron chi connectivity index (χ1n) is 5.36. The van der Waals surface area contributed by atoms with Crippen LogP contribution in [0.2, 0.25) is 5.02 Å². The monoisotopic (exact) mass is 252 g/mol. The topological polar surface area (TPSA) is 44.1 Å². The van der Waals surface area contributed by atoms with Gasteiger partial charge in [-0.15, -0.1) is 0 Å². The predicted octanol–water partition coefficient (Wildman–Crippen LogP) is 2.54. The number of carbonyl (C=O) groups excluding carboxylic acids is 1. The molecule has 17 heavy (non-hydrogen) atoms. The SMILES string of the molecule is COCCCn1c(C=O)nc2ccc(Cl)cc21. The average molecular weight is 253 g/mol. The van der Waals surface area contributed by atoms with Gasteiger partial charge in [-0.25, -0.2) is 4.98 Å². The number of rotatable bonds is 5. The molecular weight excluding hydrogens is 240 g/mol. The molecule has 0 radical (unpaired) electrons. The first-order chi connectivity index (χ1) is 8.26. The van der Waals surface area contributed by atoms with Crippen LogP contribution in [0.5, 0.6) is 0 Å². The smallest absolute Gasteiger partial charge is 0.185 e. The molecule has 1 heterocycles. The van der Waals surface area contributed by atoms with Crippen molar-refractivity contribution < 1.29 is 9.53 Å². The molecule has 0 fully saturated rings. The number of aryl methyl sites for hydroxylation is 1. The van der Waals surface area contributed by atoms with Crippen LogP contribution in [0.1, 0.15) is 17.0 Å². The second-order valence-electron chi connectivity index (χ2n) is 3.72. The highest BCUT2D eigenvalue weighted by atomic mass is 35.5. The number of carbonyl (C=O) groups is 1. The Hall–Kier alpha value is -1.39. The summed E-state index contributed by atoms with van der Waals surface area (Å²) < 4.78 is 6.87. The molecule has 0 spiro atoms. The number of imidazole rings is 1. The number of benzene rings is 1. The molecule has 90 valence electrons. The van der Waals surface area contributed by atoms with Crippen LogP contribution in [0.15, 0.2) is 18.2 Å². The zero-order chi connectivity index (χ0) is 12.3. The summed E-state index contributed by atoms with van der Waals surface area (Å²) in [6.45, 7) is 1.34. The van der Waals surface area contributed by atoms with E-state index in [4.69, 9.17) is 16.3 Å². The number of nitrogens with zero attached hydrogens (tertiary/aromatic N) is 2. The molecule has 0 aliphatic rings. The standard InChI is InChI=1S/C12H13ClN2O2/c1-17-6-2-5-15-11-7-9(13)3-4-10(11)14-12(15)8-16/h3-4,7-8H,2,5-6H2,1H3. The van der Waals surface area contributed by atoms with Crippen LogP contribution < -0.4 is 0 Å². The van der Waals surface area contributed by atoms with Crippen molar-refractivity contribution in [3.63, 3.8) is 0 Å². The van der Waals surface area contributed by atoms with E-state index in [2.05, 4.69) is 4.98 Å². The molecule has 1 aromatic carbocycles. The van der Waals surface area contributed by atoms with E-state index in [1.165, 1.54) is 0 Å². The van der Waals surface area contributed by atoms with Crippen molar-refractivity contribution in [2.24, 2.45) is 0 Å². The fraction of sp³-hybridized carbons (Fsp3) is 0.333. The summed E-state index contributed by atoms with van der Waals surface area (Å²) in [5.41, 5.74) is 1.67. The molecule has 2 rings (SSSR count). The van der Waals surface area contributed by atoms with Gasteiger partial charge in [0.25, 0.3) is 0 Å². The molecule has 0 bridgehead atoms. The number of fused-ring (bicyclic) bond motifs is 1. The number of ether oxygens (including phenoxy) is 1. The van der Waals surface area contributed by atoms with Crippen LogP contribution in [0.3, 0.4) is 0 Å². The van der Waals surface area contributed by atoms with Gasteiger partial charge in [-0.1, -0.05) is 11.6 Å². The van der Waals surface area contributed by atoms with Gasteiger partial charge in [0.15, 0.2) is 12.1 Å². The minimum atomic E-state index is 0.429. The zero-order valence-corrected chi connectivity index (χ0v) is 10.3. The second-order valence-corrected chi connectivity index (χ2v) is 4.16. The highest BCUT2D eigenvalue weighted by Crippen LogP contribution is 2.20. The van der Waals surface area contributed by atoms with Crippen molar-refractivity contribution >= 4 is 28.9 Å². The van der Waals surface area contributed by atoms with E-state index in [1.54, 1.807) is 13.2 Å². The Morgan fingerprint density at radius 1 is 1.53 bits per heavy atom. The summed E-state index contributed by atoms with van der Waals surface area (Å²) in [6, 6.07) is 5.41. The molecule has 2 aromatic rings. The number of methoxy groups -OCH3 is 1. The largest absolute Gasteiger partial charge is 0.385 e. The Kier molecular flexibility index (Phi) is 3.76. The summed E-state index contributed by atoms with van der Waals surface area (Å²) >= 11 is 5.95. The van der Waals surface area contributed by atoms with Crippen LogP contribution in [0.4, 0.5) is 0 Å². The van der Waals surface area contributed by atoms with Crippen LogP contribution >= 0.6 is 11.6 Å². The Balaban J connectivity index is 2.41. The molecule has 5 heteroatoms. The molecule has 0 amide bonds. The van der Waals surface area contributed by atoms with Crippen LogP contribution in [-0.4, -0.2) is 29.6 Å². The van der Waals surface area contributed by atoms with Gasteiger partial charge in [0.05, 0.1) is 11.0 Å². The van der Waals surface area contributed by atoms with Gasteiger partial charge in [-0.3, -0.25) is 4.79 Å². The molecular formula is C12H13ClN2O2. The quantitative estimate of drug-likeness (QED) is 0.607. The van der Waals surface area contributed by atoms with E-state index in [1.807, 2.05) is 16.7 Å². The molecule has 0 N–H and O–H groups in total. The normalized spacial score (nSPS) is 10.9. The summed E-state index contributed by atoms with van der Waals surface area (Å²) in [6.07, 6.45) is 1.59. The minimum Gasteiger partial charge on any atom is -0.385 e. The van der Waals surface area contributed by atoms with Gasteiger partial charge < -0.3 is 9.30 Å². The third-order valence-electron chi connectivity index (χ3n) is 2.58. The maximum atomic E-state index is 11.0. The van der Waals surface area contributed by atoms with Gasteiger partial charge in [-0.05, 0) is 24.6 Å². The van der Waals surface area contributed by atoms with Crippen LogP contribution in [0.25, 0.3) is 11.0 Å². The lowest BCUT2D eigenvalue weighted by Gasteiger charge is -2.05. The minimum absolute atomic E-state index is 0.429. The van der Waals surface area contributed by atoms with Crippen molar-refractivity contribution in [1.82, 2.24) is 9.55 Å².